The molecule has 34 heavy (non-hydrogen) atoms. The third kappa shape index (κ3) is 3.99. The van der Waals surface area contributed by atoms with Gasteiger partial charge in [-0.25, -0.2) is 4.79 Å². The van der Waals surface area contributed by atoms with Crippen LogP contribution in [0, 0.1) is 6.92 Å². The highest BCUT2D eigenvalue weighted by Crippen LogP contribution is 2.42. The van der Waals surface area contributed by atoms with Crippen LogP contribution in [-0.2, 0) is 0 Å². The largest absolute Gasteiger partial charge is 0.478 e. The van der Waals surface area contributed by atoms with Crippen LogP contribution >= 0.6 is 28.1 Å². The number of hydrogen-bond donors (Lipinski definition) is 2. The highest BCUT2D eigenvalue weighted by molar-refractivity contribution is 9.10. The number of thiocarbonyl (C=S) groups is 1. The molecule has 2 aromatic heterocycles. The Morgan fingerprint density at radius 1 is 1.06 bits per heavy atom. The second kappa shape index (κ2) is 9.04. The van der Waals surface area contributed by atoms with Gasteiger partial charge in [0.05, 0.1) is 17.3 Å². The van der Waals surface area contributed by atoms with E-state index in [4.69, 9.17) is 12.2 Å². The maximum atomic E-state index is 11.3. The number of hydrogen-bond acceptors (Lipinski definition) is 3. The van der Waals surface area contributed by atoms with Gasteiger partial charge in [-0.05, 0) is 91.4 Å². The first-order chi connectivity index (χ1) is 16.4. The fourth-order valence-corrected chi connectivity index (χ4v) is 4.94. The molecule has 0 bridgehead atoms. The van der Waals surface area contributed by atoms with Crippen LogP contribution in [0.2, 0.25) is 0 Å². The van der Waals surface area contributed by atoms with Crippen molar-refractivity contribution >= 4 is 44.9 Å². The van der Waals surface area contributed by atoms with Gasteiger partial charge < -0.3 is 19.9 Å². The van der Waals surface area contributed by atoms with Gasteiger partial charge in [-0.15, -0.1) is 0 Å². The summed E-state index contributed by atoms with van der Waals surface area (Å²) < 4.78 is 3.11. The minimum absolute atomic E-state index is 0.176. The van der Waals surface area contributed by atoms with E-state index in [-0.39, 0.29) is 17.6 Å². The second-order valence-electron chi connectivity index (χ2n) is 8.09. The lowest BCUT2D eigenvalue weighted by molar-refractivity contribution is 0.0697. The molecule has 6 nitrogen and oxygen atoms in total. The van der Waals surface area contributed by atoms with Crippen molar-refractivity contribution in [3.8, 4) is 5.69 Å². The molecule has 0 spiro atoms. The topological polar surface area (TPSA) is 70.4 Å². The molecular weight excluding hydrogens is 512 g/mol. The van der Waals surface area contributed by atoms with Gasteiger partial charge in [0.15, 0.2) is 5.11 Å². The summed E-state index contributed by atoms with van der Waals surface area (Å²) in [5.74, 6) is -0.948. The molecule has 0 aliphatic carbocycles. The lowest BCUT2D eigenvalue weighted by Gasteiger charge is -2.29. The second-order valence-corrected chi connectivity index (χ2v) is 9.33. The van der Waals surface area contributed by atoms with Gasteiger partial charge in [0, 0.05) is 33.9 Å². The number of benzene rings is 2. The number of nitrogens with one attached hydrogen (secondary N) is 1. The Morgan fingerprint density at radius 3 is 2.50 bits per heavy atom. The van der Waals surface area contributed by atoms with Crippen molar-refractivity contribution in [2.75, 3.05) is 4.90 Å². The zero-order valence-electron chi connectivity index (χ0n) is 18.2. The fourth-order valence-electron chi connectivity index (χ4n) is 4.35. The predicted molar refractivity (Wildman–Crippen MR) is 140 cm³/mol. The molecule has 0 unspecified atom stereocenters. The molecule has 170 valence electrons. The van der Waals surface area contributed by atoms with Crippen molar-refractivity contribution < 1.29 is 9.90 Å². The summed E-state index contributed by atoms with van der Waals surface area (Å²) in [6.45, 7) is 2.05. The lowest BCUT2D eigenvalue weighted by atomic mass is 10.0. The van der Waals surface area contributed by atoms with Crippen LogP contribution in [0.4, 0.5) is 5.69 Å². The number of carbonyl (C=O) groups is 1. The number of anilines is 1. The molecule has 0 saturated carbocycles. The molecule has 1 aliphatic rings. The average Bonchev–Trinajstić information content (AvgIpc) is 3.46. The van der Waals surface area contributed by atoms with Crippen LogP contribution in [0.3, 0.4) is 0 Å². The molecule has 1 aliphatic heterocycles. The molecule has 3 heterocycles. The summed E-state index contributed by atoms with van der Waals surface area (Å²) in [5, 5.41) is 13.4. The van der Waals surface area contributed by atoms with Crippen molar-refractivity contribution in [2.24, 2.45) is 0 Å². The predicted octanol–water partition coefficient (Wildman–Crippen LogP) is 5.82. The van der Waals surface area contributed by atoms with Gasteiger partial charge >= 0.3 is 5.97 Å². The SMILES string of the molecule is Cc1cc(N2C(=S)N[C@@H](c3ccccn3)[C@@H]2c2cccn2-c2ccc(C(=O)O)cc2)ccc1Br. The van der Waals surface area contributed by atoms with E-state index in [1.807, 2.05) is 54.7 Å². The van der Waals surface area contributed by atoms with Crippen molar-refractivity contribution in [1.29, 1.82) is 0 Å². The standard InChI is InChI=1S/C26H21BrN4O2S/c1-16-15-19(11-12-20(16)27)31-24(23(29-26(31)34)21-5-2-3-13-28-21)22-6-4-14-30(22)18-9-7-17(8-10-18)25(32)33/h2-15,23-24H,1H3,(H,29,34)(H,32,33)/t23-,24-/m0/s1. The van der Waals surface area contributed by atoms with Gasteiger partial charge in [-0.1, -0.05) is 22.0 Å². The monoisotopic (exact) mass is 532 g/mol. The first-order valence-electron chi connectivity index (χ1n) is 10.7. The molecule has 1 fully saturated rings. The normalized spacial score (nSPS) is 17.6. The molecular formula is C26H21BrN4O2S. The van der Waals surface area contributed by atoms with Crippen LogP contribution < -0.4 is 10.2 Å². The molecule has 4 aromatic rings. The van der Waals surface area contributed by atoms with Crippen LogP contribution in [0.25, 0.3) is 5.69 Å². The van der Waals surface area contributed by atoms with Crippen LogP contribution in [0.1, 0.15) is 39.4 Å². The van der Waals surface area contributed by atoms with Crippen LogP contribution in [0.15, 0.2) is 89.7 Å². The number of halogens is 1. The number of aromatic nitrogens is 2. The van der Waals surface area contributed by atoms with Gasteiger partial charge in [0.1, 0.15) is 6.04 Å². The van der Waals surface area contributed by atoms with E-state index >= 15 is 0 Å². The molecule has 2 aromatic carbocycles. The molecule has 1 saturated heterocycles. The molecule has 2 N–H and O–H groups in total. The van der Waals surface area contributed by atoms with E-state index in [1.54, 1.807) is 18.3 Å². The van der Waals surface area contributed by atoms with Crippen molar-refractivity contribution in [3.05, 3.63) is 112 Å². The molecule has 2 atom stereocenters. The smallest absolute Gasteiger partial charge is 0.335 e. The van der Waals surface area contributed by atoms with Gasteiger partial charge in [0.2, 0.25) is 0 Å². The Kier molecular flexibility index (Phi) is 5.93. The highest BCUT2D eigenvalue weighted by atomic mass is 79.9. The molecule has 8 heteroatoms. The van der Waals surface area contributed by atoms with E-state index in [9.17, 15) is 9.90 Å². The Bertz CT molecular complexity index is 1370. The Balaban J connectivity index is 1.65. The van der Waals surface area contributed by atoms with Gasteiger partial charge in [0.25, 0.3) is 0 Å². The molecule has 0 amide bonds. The minimum atomic E-state index is -0.948. The van der Waals surface area contributed by atoms with E-state index in [2.05, 4.69) is 54.8 Å². The van der Waals surface area contributed by atoms with E-state index in [0.717, 1.165) is 32.8 Å². The zero-order valence-corrected chi connectivity index (χ0v) is 20.6. The maximum absolute atomic E-state index is 11.3. The summed E-state index contributed by atoms with van der Waals surface area (Å²) in [6, 6.07) is 22.6. The third-order valence-electron chi connectivity index (χ3n) is 5.99. The minimum Gasteiger partial charge on any atom is -0.478 e. The number of nitrogens with zero attached hydrogens (tertiary/aromatic N) is 3. The Labute approximate surface area is 211 Å². The summed E-state index contributed by atoms with van der Waals surface area (Å²) in [7, 11) is 0. The van der Waals surface area contributed by atoms with Crippen molar-refractivity contribution in [3.63, 3.8) is 0 Å². The zero-order chi connectivity index (χ0) is 23.8. The first kappa shape index (κ1) is 22.3. The summed E-state index contributed by atoms with van der Waals surface area (Å²) in [5.41, 5.74) is 5.11. The number of rotatable bonds is 5. The van der Waals surface area contributed by atoms with E-state index < -0.39 is 5.97 Å². The lowest BCUT2D eigenvalue weighted by Crippen LogP contribution is -2.30. The summed E-state index contributed by atoms with van der Waals surface area (Å²) in [4.78, 5) is 18.1. The number of aromatic carboxylic acids is 1. The maximum Gasteiger partial charge on any atom is 0.335 e. The molecule has 5 rings (SSSR count). The van der Waals surface area contributed by atoms with Gasteiger partial charge in [-0.3, -0.25) is 4.98 Å². The summed E-state index contributed by atoms with van der Waals surface area (Å²) in [6.07, 6.45) is 3.76. The average molecular weight is 533 g/mol. The fraction of sp³-hybridized carbons (Fsp3) is 0.115. The van der Waals surface area contributed by atoms with Crippen LogP contribution in [-0.4, -0.2) is 25.7 Å². The van der Waals surface area contributed by atoms with Crippen molar-refractivity contribution in [1.82, 2.24) is 14.9 Å². The number of carboxylic acid groups (broad SMARTS) is 1. The van der Waals surface area contributed by atoms with E-state index in [0.29, 0.717) is 5.11 Å². The number of aryl methyl sites for hydroxylation is 1. The summed E-state index contributed by atoms with van der Waals surface area (Å²) >= 11 is 9.42. The number of carboxylic acids is 1. The third-order valence-corrected chi connectivity index (χ3v) is 7.20. The molecule has 0 radical (unpaired) electrons. The van der Waals surface area contributed by atoms with Crippen molar-refractivity contribution in [2.45, 2.75) is 19.0 Å². The van der Waals surface area contributed by atoms with Crippen LogP contribution in [0.5, 0.6) is 0 Å². The Hall–Kier alpha value is -3.49. The quantitative estimate of drug-likeness (QED) is 0.315. The first-order valence-corrected chi connectivity index (χ1v) is 11.9. The van der Waals surface area contributed by atoms with E-state index in [1.165, 1.54) is 0 Å². The van der Waals surface area contributed by atoms with Gasteiger partial charge in [-0.2, -0.15) is 0 Å². The number of pyridine rings is 1. The highest BCUT2D eigenvalue weighted by Gasteiger charge is 2.42. The Morgan fingerprint density at radius 2 is 1.82 bits per heavy atom.